The van der Waals surface area contributed by atoms with Crippen LogP contribution in [-0.4, -0.2) is 30.7 Å². The lowest BCUT2D eigenvalue weighted by Gasteiger charge is -2.18. The van der Waals surface area contributed by atoms with Gasteiger partial charge in [0, 0.05) is 12.6 Å². The molecular formula is C8H14FN. The number of alkyl halides is 1. The highest BCUT2D eigenvalue weighted by atomic mass is 19.1. The summed E-state index contributed by atoms with van der Waals surface area (Å²) in [6.45, 7) is 6.34. The van der Waals surface area contributed by atoms with Crippen LogP contribution in [0.2, 0.25) is 0 Å². The highest BCUT2D eigenvalue weighted by Crippen LogP contribution is 2.22. The maximum absolute atomic E-state index is 12.7. The van der Waals surface area contributed by atoms with Crippen molar-refractivity contribution in [1.29, 1.82) is 0 Å². The summed E-state index contributed by atoms with van der Waals surface area (Å²) < 4.78 is 12.7. The van der Waals surface area contributed by atoms with Crippen LogP contribution in [0.4, 0.5) is 4.39 Å². The van der Waals surface area contributed by atoms with E-state index >= 15 is 0 Å². The van der Waals surface area contributed by atoms with E-state index in [1.54, 1.807) is 0 Å². The van der Waals surface area contributed by atoms with Crippen molar-refractivity contribution in [2.24, 2.45) is 0 Å². The molecule has 1 nitrogen and oxygen atoms in total. The molecule has 1 rings (SSSR count). The molecule has 0 amide bonds. The predicted molar refractivity (Wildman–Crippen MR) is 40.7 cm³/mol. The first-order valence-corrected chi connectivity index (χ1v) is 3.61. The molecule has 1 heterocycles. The Morgan fingerprint density at radius 1 is 1.70 bits per heavy atom. The summed E-state index contributed by atoms with van der Waals surface area (Å²) in [4.78, 5) is 2.02. The van der Waals surface area contributed by atoms with Crippen LogP contribution in [0.15, 0.2) is 12.2 Å². The molecule has 0 spiro atoms. The quantitative estimate of drug-likeness (QED) is 0.504. The van der Waals surface area contributed by atoms with Gasteiger partial charge in [-0.1, -0.05) is 12.2 Å². The first-order chi connectivity index (χ1) is 4.61. The lowest BCUT2D eigenvalue weighted by Crippen LogP contribution is -2.25. The Labute approximate surface area is 61.5 Å². The van der Waals surface area contributed by atoms with Crippen molar-refractivity contribution in [2.75, 3.05) is 13.6 Å². The van der Waals surface area contributed by atoms with Crippen LogP contribution in [0.5, 0.6) is 0 Å². The second-order valence-corrected chi connectivity index (χ2v) is 3.13. The van der Waals surface area contributed by atoms with Gasteiger partial charge in [-0.15, -0.1) is 0 Å². The first-order valence-electron chi connectivity index (χ1n) is 3.61. The second-order valence-electron chi connectivity index (χ2n) is 3.13. The summed E-state index contributed by atoms with van der Waals surface area (Å²) in [7, 11) is 1.94. The van der Waals surface area contributed by atoms with E-state index < -0.39 is 6.17 Å². The fourth-order valence-electron chi connectivity index (χ4n) is 1.51. The standard InChI is InChI=1S/C8H14FN/c1-6(2)8-4-7(9)5-10(8)3/h7-8H,1,4-5H2,2-3H3/t7-,8+/m0/s1. The van der Waals surface area contributed by atoms with Gasteiger partial charge in [-0.2, -0.15) is 0 Å². The van der Waals surface area contributed by atoms with Crippen LogP contribution in [0.25, 0.3) is 0 Å². The van der Waals surface area contributed by atoms with Gasteiger partial charge in [-0.25, -0.2) is 4.39 Å². The van der Waals surface area contributed by atoms with Crippen LogP contribution in [-0.2, 0) is 0 Å². The third-order valence-electron chi connectivity index (χ3n) is 2.07. The Balaban J connectivity index is 2.54. The molecule has 2 atom stereocenters. The van der Waals surface area contributed by atoms with Crippen LogP contribution >= 0.6 is 0 Å². The molecule has 2 heteroatoms. The minimum atomic E-state index is -0.647. The van der Waals surface area contributed by atoms with E-state index in [9.17, 15) is 4.39 Å². The molecule has 1 aliphatic heterocycles. The van der Waals surface area contributed by atoms with E-state index in [4.69, 9.17) is 0 Å². The zero-order chi connectivity index (χ0) is 7.72. The Morgan fingerprint density at radius 2 is 2.30 bits per heavy atom. The Hall–Kier alpha value is -0.370. The number of nitrogens with zero attached hydrogens (tertiary/aromatic N) is 1. The summed E-state index contributed by atoms with van der Waals surface area (Å²) in [5, 5.41) is 0. The minimum Gasteiger partial charge on any atom is -0.297 e. The summed E-state index contributed by atoms with van der Waals surface area (Å²) in [5.74, 6) is 0. The van der Waals surface area contributed by atoms with Crippen LogP contribution in [0, 0.1) is 0 Å². The van der Waals surface area contributed by atoms with Gasteiger partial charge < -0.3 is 0 Å². The van der Waals surface area contributed by atoms with Crippen molar-refractivity contribution in [3.05, 3.63) is 12.2 Å². The smallest absolute Gasteiger partial charge is 0.115 e. The third kappa shape index (κ3) is 1.37. The van der Waals surface area contributed by atoms with E-state index in [2.05, 4.69) is 6.58 Å². The molecule has 0 saturated carbocycles. The average Bonchev–Trinajstić information content (AvgIpc) is 2.10. The molecular weight excluding hydrogens is 129 g/mol. The zero-order valence-electron chi connectivity index (χ0n) is 6.60. The molecule has 1 saturated heterocycles. The summed E-state index contributed by atoms with van der Waals surface area (Å²) in [5.41, 5.74) is 1.07. The zero-order valence-corrected chi connectivity index (χ0v) is 6.60. The van der Waals surface area contributed by atoms with E-state index in [1.165, 1.54) is 0 Å². The fraction of sp³-hybridized carbons (Fsp3) is 0.750. The van der Waals surface area contributed by atoms with Crippen molar-refractivity contribution < 1.29 is 4.39 Å². The number of hydrogen-bond donors (Lipinski definition) is 0. The molecule has 1 fully saturated rings. The normalized spacial score (nSPS) is 34.7. The van der Waals surface area contributed by atoms with Crippen LogP contribution in [0.1, 0.15) is 13.3 Å². The van der Waals surface area contributed by atoms with Gasteiger partial charge in [0.05, 0.1) is 0 Å². The molecule has 0 aliphatic carbocycles. The van der Waals surface area contributed by atoms with E-state index in [-0.39, 0.29) is 6.04 Å². The molecule has 0 N–H and O–H groups in total. The van der Waals surface area contributed by atoms with E-state index in [0.29, 0.717) is 13.0 Å². The number of likely N-dealkylation sites (tertiary alicyclic amines) is 1. The van der Waals surface area contributed by atoms with Crippen molar-refractivity contribution >= 4 is 0 Å². The molecule has 0 aromatic heterocycles. The minimum absolute atomic E-state index is 0.273. The van der Waals surface area contributed by atoms with Gasteiger partial charge in [-0.05, 0) is 20.4 Å². The van der Waals surface area contributed by atoms with Gasteiger partial charge in [0.25, 0.3) is 0 Å². The lowest BCUT2D eigenvalue weighted by atomic mass is 10.1. The molecule has 1 aliphatic rings. The van der Waals surface area contributed by atoms with Crippen molar-refractivity contribution in [1.82, 2.24) is 4.90 Å². The summed E-state index contributed by atoms with van der Waals surface area (Å²) >= 11 is 0. The maximum atomic E-state index is 12.7. The van der Waals surface area contributed by atoms with Gasteiger partial charge in [-0.3, -0.25) is 4.90 Å². The Morgan fingerprint density at radius 3 is 2.50 bits per heavy atom. The Bertz CT molecular complexity index is 144. The average molecular weight is 143 g/mol. The highest BCUT2D eigenvalue weighted by molar-refractivity contribution is 5.06. The predicted octanol–water partition coefficient (Wildman–Crippen LogP) is 1.60. The molecule has 0 aromatic rings. The Kier molecular flexibility index (Phi) is 2.09. The number of likely N-dealkylation sites (N-methyl/N-ethyl adjacent to an activating group) is 1. The van der Waals surface area contributed by atoms with Crippen LogP contribution < -0.4 is 0 Å². The topological polar surface area (TPSA) is 3.24 Å². The van der Waals surface area contributed by atoms with E-state index in [0.717, 1.165) is 5.57 Å². The summed E-state index contributed by atoms with van der Waals surface area (Å²) in [6.07, 6.45) is -0.0158. The van der Waals surface area contributed by atoms with Gasteiger partial charge in [0.15, 0.2) is 0 Å². The van der Waals surface area contributed by atoms with Gasteiger partial charge >= 0.3 is 0 Å². The van der Waals surface area contributed by atoms with Crippen molar-refractivity contribution in [3.8, 4) is 0 Å². The number of halogens is 1. The molecule has 0 unspecified atom stereocenters. The van der Waals surface area contributed by atoms with Gasteiger partial charge in [0.1, 0.15) is 6.17 Å². The highest BCUT2D eigenvalue weighted by Gasteiger charge is 2.29. The molecule has 0 bridgehead atoms. The van der Waals surface area contributed by atoms with Crippen molar-refractivity contribution in [3.63, 3.8) is 0 Å². The number of rotatable bonds is 1. The molecule has 10 heavy (non-hydrogen) atoms. The SMILES string of the molecule is C=C(C)[C@H]1C[C@H](F)CN1C. The number of hydrogen-bond acceptors (Lipinski definition) is 1. The second kappa shape index (κ2) is 2.70. The lowest BCUT2D eigenvalue weighted by molar-refractivity contribution is 0.308. The van der Waals surface area contributed by atoms with Crippen molar-refractivity contribution in [2.45, 2.75) is 25.6 Å². The molecule has 58 valence electrons. The maximum Gasteiger partial charge on any atom is 0.115 e. The first kappa shape index (κ1) is 7.73. The summed E-state index contributed by atoms with van der Waals surface area (Å²) in [6, 6.07) is 0.273. The third-order valence-corrected chi connectivity index (χ3v) is 2.07. The molecule has 0 aromatic carbocycles. The largest absolute Gasteiger partial charge is 0.297 e. The monoisotopic (exact) mass is 143 g/mol. The van der Waals surface area contributed by atoms with Crippen LogP contribution in [0.3, 0.4) is 0 Å². The fourth-order valence-corrected chi connectivity index (χ4v) is 1.51. The van der Waals surface area contributed by atoms with E-state index in [1.807, 2.05) is 18.9 Å². The molecule has 0 radical (unpaired) electrons. The van der Waals surface area contributed by atoms with Gasteiger partial charge in [0.2, 0.25) is 0 Å².